The van der Waals surface area contributed by atoms with Gasteiger partial charge in [-0.3, -0.25) is 0 Å². The number of aromatic nitrogens is 4. The van der Waals surface area contributed by atoms with Crippen LogP contribution in [0.15, 0.2) is 413 Å². The van der Waals surface area contributed by atoms with Crippen molar-refractivity contribution >= 4 is 158 Å². The fourth-order valence-corrected chi connectivity index (χ4v) is 23.8. The monoisotopic (exact) mass is 1680 g/mol. The van der Waals surface area contributed by atoms with E-state index >= 15 is 0 Å². The average molecular weight is 1680 g/mol. The van der Waals surface area contributed by atoms with Gasteiger partial charge in [0.2, 0.25) is 0 Å². The lowest BCUT2D eigenvalue weighted by Gasteiger charge is -2.14. The lowest BCUT2D eigenvalue weighted by Crippen LogP contribution is -1.97. The molecule has 0 spiro atoms. The summed E-state index contributed by atoms with van der Waals surface area (Å²) in [5.74, 6) is 1.33. The summed E-state index contributed by atoms with van der Waals surface area (Å²) in [5.41, 5.74) is 27.6. The van der Waals surface area contributed by atoms with E-state index in [2.05, 4.69) is 413 Å². The molecule has 0 unspecified atom stereocenters. The Morgan fingerprint density at radius 3 is 0.704 bits per heavy atom. The first-order chi connectivity index (χ1) is 61.8. The van der Waals surface area contributed by atoms with Crippen molar-refractivity contribution in [3.8, 4) is 157 Å². The molecule has 0 saturated carbocycles. The summed E-state index contributed by atoms with van der Waals surface area (Å²) in [6.45, 7) is 0. The van der Waals surface area contributed by atoms with Crippen molar-refractivity contribution in [2.75, 3.05) is 0 Å². The van der Waals surface area contributed by atoms with Crippen LogP contribution in [0.1, 0.15) is 0 Å². The Labute approximate surface area is 740 Å². The van der Waals surface area contributed by atoms with Gasteiger partial charge in [-0.05, 0) is 235 Å². The van der Waals surface area contributed by atoms with Crippen LogP contribution in [0.5, 0.6) is 0 Å². The lowest BCUT2D eigenvalue weighted by molar-refractivity contribution is 1.18. The second-order valence-corrected chi connectivity index (χ2v) is 37.7. The Kier molecular flexibility index (Phi) is 17.6. The van der Waals surface area contributed by atoms with Crippen molar-refractivity contribution in [3.05, 3.63) is 413 Å². The molecule has 9 heteroatoms. The number of thiophene rings is 5. The Bertz CT molecular complexity index is 8390. The van der Waals surface area contributed by atoms with E-state index in [4.69, 9.17) is 19.9 Å². The summed E-state index contributed by atoms with van der Waals surface area (Å²) < 4.78 is 12.8. The van der Waals surface area contributed by atoms with Gasteiger partial charge in [-0.1, -0.05) is 267 Å². The molecule has 0 amide bonds. The lowest BCUT2D eigenvalue weighted by atomic mass is 9.94. The van der Waals surface area contributed by atoms with Gasteiger partial charge in [0.1, 0.15) is 0 Å². The third-order valence-electron chi connectivity index (χ3n) is 24.7. The molecule has 125 heavy (non-hydrogen) atoms. The normalized spacial score (nSPS) is 11.8. The Balaban J connectivity index is 0.527. The molecular formula is C116H68N4S5. The van der Waals surface area contributed by atoms with Gasteiger partial charge in [0.15, 0.2) is 11.6 Å². The van der Waals surface area contributed by atoms with Gasteiger partial charge in [-0.25, -0.2) is 19.9 Å². The second kappa shape index (κ2) is 30.1. The SMILES string of the molecule is c1ccc(-c2ccc(-c3cc(-c4ccc(-c5ccc(-c6ccc7c(c6)sc6ccc(-c8cccc(-c9cc(-c%10ccccc%10)nc(-c%10cc(-c%11ccc%12sc%13ccccc%13c%12c%11)cc(-c%11ccc%12sc%13ccccc%13c%12c%11)c%10)n9)c8)cc67)cc5)cc4)nc(-c4cc(-c5ccc6sc7ccccc7c6c5)cc(-c5ccc6sc7ccccc7c6c5)c4)n3)cc2)cc1. The largest absolute Gasteiger partial charge is 0.228 e. The summed E-state index contributed by atoms with van der Waals surface area (Å²) in [7, 11) is 0. The molecule has 0 aliphatic carbocycles. The molecule has 0 bridgehead atoms. The number of hydrogen-bond acceptors (Lipinski definition) is 9. The van der Waals surface area contributed by atoms with Crippen molar-refractivity contribution in [2.45, 2.75) is 0 Å². The minimum absolute atomic E-state index is 0.660. The second-order valence-electron chi connectivity index (χ2n) is 32.3. The van der Waals surface area contributed by atoms with Crippen LogP contribution in [0.2, 0.25) is 0 Å². The minimum atomic E-state index is 0.660. The van der Waals surface area contributed by atoms with Gasteiger partial charge < -0.3 is 0 Å². The first kappa shape index (κ1) is 73.0. The fraction of sp³-hybridized carbons (Fsp3) is 0. The highest BCUT2D eigenvalue weighted by molar-refractivity contribution is 7.27. The predicted molar refractivity (Wildman–Crippen MR) is 538 cm³/mol. The van der Waals surface area contributed by atoms with Crippen LogP contribution < -0.4 is 0 Å². The van der Waals surface area contributed by atoms with E-state index in [-0.39, 0.29) is 0 Å². The predicted octanol–water partition coefficient (Wildman–Crippen LogP) is 34.4. The minimum Gasteiger partial charge on any atom is -0.228 e. The first-order valence-electron chi connectivity index (χ1n) is 42.0. The van der Waals surface area contributed by atoms with Crippen molar-refractivity contribution in [1.82, 2.24) is 19.9 Å². The van der Waals surface area contributed by atoms with E-state index in [1.54, 1.807) is 0 Å². The van der Waals surface area contributed by atoms with E-state index in [0.29, 0.717) is 11.6 Å². The molecule has 0 fully saturated rings. The molecule has 582 valence electrons. The molecule has 7 aromatic heterocycles. The number of nitrogens with zero attached hydrogens (tertiary/aromatic N) is 4. The highest BCUT2D eigenvalue weighted by atomic mass is 32.1. The Hall–Kier alpha value is -14.8. The first-order valence-corrected chi connectivity index (χ1v) is 46.1. The Morgan fingerprint density at radius 2 is 0.328 bits per heavy atom. The molecule has 0 N–H and O–H groups in total. The van der Waals surface area contributed by atoms with Crippen molar-refractivity contribution in [3.63, 3.8) is 0 Å². The summed E-state index contributed by atoms with van der Waals surface area (Å²) >= 11 is 9.23. The van der Waals surface area contributed by atoms with Crippen LogP contribution >= 0.6 is 56.7 Å². The van der Waals surface area contributed by atoms with Gasteiger partial charge in [-0.15, -0.1) is 56.7 Å². The van der Waals surface area contributed by atoms with Crippen LogP contribution in [-0.4, -0.2) is 19.9 Å². The van der Waals surface area contributed by atoms with E-state index in [1.807, 2.05) is 56.7 Å². The van der Waals surface area contributed by atoms with E-state index in [1.165, 1.54) is 118 Å². The highest BCUT2D eigenvalue weighted by Gasteiger charge is 2.22. The zero-order chi connectivity index (χ0) is 82.2. The molecule has 0 radical (unpaired) electrons. The molecular weight excluding hydrogens is 1610 g/mol. The van der Waals surface area contributed by atoms with Crippen LogP contribution in [0.4, 0.5) is 0 Å². The van der Waals surface area contributed by atoms with Crippen LogP contribution in [0.25, 0.3) is 258 Å². The summed E-state index contributed by atoms with van der Waals surface area (Å²) in [4.78, 5) is 22.1. The molecule has 0 saturated heterocycles. The molecule has 25 aromatic rings. The average Bonchev–Trinajstić information content (AvgIpc) is 1.75. The van der Waals surface area contributed by atoms with E-state index < -0.39 is 0 Å². The molecule has 0 aliphatic rings. The van der Waals surface area contributed by atoms with Crippen molar-refractivity contribution in [1.29, 1.82) is 0 Å². The summed E-state index contributed by atoms with van der Waals surface area (Å²) in [5, 5.41) is 12.6. The number of fused-ring (bicyclic) bond motifs is 15. The van der Waals surface area contributed by atoms with Crippen LogP contribution in [0, 0.1) is 0 Å². The fourth-order valence-electron chi connectivity index (χ4n) is 18.3. The topological polar surface area (TPSA) is 51.6 Å². The van der Waals surface area contributed by atoms with Crippen LogP contribution in [-0.2, 0) is 0 Å². The van der Waals surface area contributed by atoms with Gasteiger partial charge in [0.25, 0.3) is 0 Å². The Morgan fingerprint density at radius 1 is 0.112 bits per heavy atom. The number of hydrogen-bond donors (Lipinski definition) is 0. The molecule has 0 atom stereocenters. The zero-order valence-electron chi connectivity index (χ0n) is 67.1. The smallest absolute Gasteiger partial charge is 0.160 e. The zero-order valence-corrected chi connectivity index (χ0v) is 71.2. The van der Waals surface area contributed by atoms with Crippen molar-refractivity contribution in [2.24, 2.45) is 0 Å². The number of benzene rings is 18. The summed E-state index contributed by atoms with van der Waals surface area (Å²) in [6.07, 6.45) is 0. The highest BCUT2D eigenvalue weighted by Crippen LogP contribution is 2.47. The maximum Gasteiger partial charge on any atom is 0.160 e. The molecule has 18 aromatic carbocycles. The maximum absolute atomic E-state index is 5.57. The molecule has 4 nitrogen and oxygen atoms in total. The van der Waals surface area contributed by atoms with Gasteiger partial charge in [0.05, 0.1) is 22.8 Å². The van der Waals surface area contributed by atoms with Gasteiger partial charge in [0, 0.05) is 134 Å². The van der Waals surface area contributed by atoms with Gasteiger partial charge in [-0.2, -0.15) is 0 Å². The third-order valence-corrected chi connectivity index (χ3v) is 30.5. The standard InChI is InChI=1S/C116H68N4S5/c1-3-16-69(17-4-1)70-34-38-75(39-35-70)102-67-103(119-115(118-102)89-57-85(79-44-50-109-96(62-79)91-22-7-11-26-105(91)121-109)55-86(58-89)80-45-51-110-97(63-80)92-23-8-12-27-106(92)122-110)76-40-36-72(37-41-76)71-30-32-73(33-31-71)83-42-48-95-100-61-78(43-49-113(100)125-114(95)66-83)77-20-15-21-84(54-77)104-68-101(74-18-5-2-6-19-74)117-116(120-104)90-59-87(81-46-52-111-98(64-81)93-24-9-13-28-107(93)123-111)56-88(60-90)82-47-53-112-99(65-82)94-25-10-14-29-108(94)124-112/h1-68H. The van der Waals surface area contributed by atoms with Gasteiger partial charge >= 0.3 is 0 Å². The maximum atomic E-state index is 5.57. The molecule has 7 heterocycles. The third kappa shape index (κ3) is 13.3. The summed E-state index contributed by atoms with van der Waals surface area (Å²) in [6, 6.07) is 151. The molecule has 25 rings (SSSR count). The van der Waals surface area contributed by atoms with Crippen molar-refractivity contribution < 1.29 is 0 Å². The molecule has 0 aliphatic heterocycles. The quantitative estimate of drug-likeness (QED) is 0.109. The van der Waals surface area contributed by atoms with Crippen LogP contribution in [0.3, 0.4) is 0 Å². The number of rotatable bonds is 14. The van der Waals surface area contributed by atoms with E-state index in [0.717, 1.165) is 128 Å². The van der Waals surface area contributed by atoms with E-state index in [9.17, 15) is 0 Å².